The quantitative estimate of drug-likeness (QED) is 0.820. The van der Waals surface area contributed by atoms with E-state index in [0.29, 0.717) is 0 Å². The van der Waals surface area contributed by atoms with Crippen LogP contribution in [0, 0.1) is 6.92 Å². The maximum atomic E-state index is 12.1. The molecule has 20 heavy (non-hydrogen) atoms. The van der Waals surface area contributed by atoms with Gasteiger partial charge in [0.1, 0.15) is 4.90 Å². The SMILES string of the molecule is Cc1ccc(CNS(=O)(=O)c2cnn(CCO)c2)cc1. The number of rotatable bonds is 6. The van der Waals surface area contributed by atoms with Crippen molar-refractivity contribution < 1.29 is 13.5 Å². The van der Waals surface area contributed by atoms with E-state index in [1.807, 2.05) is 31.2 Å². The highest BCUT2D eigenvalue weighted by Gasteiger charge is 2.15. The van der Waals surface area contributed by atoms with Crippen LogP contribution < -0.4 is 4.72 Å². The molecule has 1 aromatic carbocycles. The van der Waals surface area contributed by atoms with Crippen LogP contribution in [0.25, 0.3) is 0 Å². The van der Waals surface area contributed by atoms with Crippen molar-refractivity contribution in [2.45, 2.75) is 24.9 Å². The highest BCUT2D eigenvalue weighted by atomic mass is 32.2. The van der Waals surface area contributed by atoms with E-state index in [4.69, 9.17) is 5.11 Å². The summed E-state index contributed by atoms with van der Waals surface area (Å²) < 4.78 is 28.0. The van der Waals surface area contributed by atoms with Gasteiger partial charge in [0, 0.05) is 12.7 Å². The van der Waals surface area contributed by atoms with Crippen molar-refractivity contribution in [1.82, 2.24) is 14.5 Å². The fraction of sp³-hybridized carbons (Fsp3) is 0.308. The highest BCUT2D eigenvalue weighted by Crippen LogP contribution is 2.09. The summed E-state index contributed by atoms with van der Waals surface area (Å²) in [6.45, 7) is 2.39. The molecule has 0 fully saturated rings. The van der Waals surface area contributed by atoms with E-state index in [1.54, 1.807) is 0 Å². The van der Waals surface area contributed by atoms with Gasteiger partial charge in [0.2, 0.25) is 10.0 Å². The van der Waals surface area contributed by atoms with E-state index in [-0.39, 0.29) is 24.6 Å². The third-order valence-electron chi connectivity index (χ3n) is 2.84. The van der Waals surface area contributed by atoms with E-state index in [1.165, 1.54) is 17.1 Å². The normalized spacial score (nSPS) is 11.7. The molecule has 1 aromatic heterocycles. The summed E-state index contributed by atoms with van der Waals surface area (Å²) in [6, 6.07) is 7.63. The third kappa shape index (κ3) is 3.66. The summed E-state index contributed by atoms with van der Waals surface area (Å²) in [6.07, 6.45) is 2.67. The number of aliphatic hydroxyl groups excluding tert-OH is 1. The lowest BCUT2D eigenvalue weighted by molar-refractivity contribution is 0.269. The molecule has 0 aliphatic heterocycles. The predicted octanol–water partition coefficient (Wildman–Crippen LogP) is 0.662. The molecular weight excluding hydrogens is 278 g/mol. The van der Waals surface area contributed by atoms with Gasteiger partial charge in [-0.05, 0) is 12.5 Å². The first-order valence-electron chi connectivity index (χ1n) is 6.20. The molecule has 0 unspecified atom stereocenters. The molecule has 0 atom stereocenters. The minimum Gasteiger partial charge on any atom is -0.394 e. The number of aliphatic hydroxyl groups is 1. The number of hydrogen-bond acceptors (Lipinski definition) is 4. The Hall–Kier alpha value is -1.70. The van der Waals surface area contributed by atoms with Crippen LogP contribution >= 0.6 is 0 Å². The second-order valence-electron chi connectivity index (χ2n) is 4.47. The van der Waals surface area contributed by atoms with Crippen LogP contribution in [0.4, 0.5) is 0 Å². The van der Waals surface area contributed by atoms with Crippen LogP contribution in [-0.2, 0) is 23.1 Å². The number of sulfonamides is 1. The molecule has 1 heterocycles. The second kappa shape index (κ2) is 6.17. The van der Waals surface area contributed by atoms with Crippen LogP contribution in [0.15, 0.2) is 41.6 Å². The molecule has 0 bridgehead atoms. The zero-order chi connectivity index (χ0) is 14.6. The largest absolute Gasteiger partial charge is 0.394 e. The van der Waals surface area contributed by atoms with E-state index >= 15 is 0 Å². The van der Waals surface area contributed by atoms with Gasteiger partial charge in [0.25, 0.3) is 0 Å². The van der Waals surface area contributed by atoms with Crippen LogP contribution in [0.1, 0.15) is 11.1 Å². The molecule has 0 spiro atoms. The van der Waals surface area contributed by atoms with Gasteiger partial charge in [-0.25, -0.2) is 13.1 Å². The lowest BCUT2D eigenvalue weighted by Gasteiger charge is -2.05. The van der Waals surface area contributed by atoms with Gasteiger partial charge < -0.3 is 5.11 Å². The van der Waals surface area contributed by atoms with Gasteiger partial charge >= 0.3 is 0 Å². The average molecular weight is 295 g/mol. The summed E-state index contributed by atoms with van der Waals surface area (Å²) in [5.74, 6) is 0. The van der Waals surface area contributed by atoms with Gasteiger partial charge in [-0.1, -0.05) is 29.8 Å². The van der Waals surface area contributed by atoms with Crippen molar-refractivity contribution in [3.63, 3.8) is 0 Å². The van der Waals surface area contributed by atoms with E-state index in [9.17, 15) is 8.42 Å². The molecule has 2 rings (SSSR count). The maximum Gasteiger partial charge on any atom is 0.243 e. The van der Waals surface area contributed by atoms with Crippen molar-refractivity contribution in [1.29, 1.82) is 0 Å². The Balaban J connectivity index is 2.04. The monoisotopic (exact) mass is 295 g/mol. The Bertz CT molecular complexity index is 662. The molecule has 0 aliphatic carbocycles. The van der Waals surface area contributed by atoms with Crippen molar-refractivity contribution in [3.05, 3.63) is 47.8 Å². The van der Waals surface area contributed by atoms with Gasteiger partial charge in [-0.2, -0.15) is 5.10 Å². The van der Waals surface area contributed by atoms with E-state index in [0.717, 1.165) is 11.1 Å². The van der Waals surface area contributed by atoms with Gasteiger partial charge in [0.05, 0.1) is 19.3 Å². The smallest absolute Gasteiger partial charge is 0.243 e. The number of benzene rings is 1. The third-order valence-corrected chi connectivity index (χ3v) is 4.19. The number of aryl methyl sites for hydroxylation is 1. The number of nitrogens with zero attached hydrogens (tertiary/aromatic N) is 2. The first-order valence-corrected chi connectivity index (χ1v) is 7.68. The summed E-state index contributed by atoms with van der Waals surface area (Å²) >= 11 is 0. The Morgan fingerprint density at radius 1 is 1.30 bits per heavy atom. The molecule has 2 N–H and O–H groups in total. The van der Waals surface area contributed by atoms with Crippen LogP contribution in [0.2, 0.25) is 0 Å². The van der Waals surface area contributed by atoms with Crippen molar-refractivity contribution in [2.24, 2.45) is 0 Å². The standard InChI is InChI=1S/C13H17N3O3S/c1-11-2-4-12(5-3-11)8-15-20(18,19)13-9-14-16(10-13)6-7-17/h2-5,9-10,15,17H,6-8H2,1H3. The Morgan fingerprint density at radius 3 is 2.65 bits per heavy atom. The minimum atomic E-state index is -3.58. The second-order valence-corrected chi connectivity index (χ2v) is 6.24. The molecule has 108 valence electrons. The van der Waals surface area contributed by atoms with E-state index in [2.05, 4.69) is 9.82 Å². The fourth-order valence-corrected chi connectivity index (χ4v) is 2.65. The molecule has 0 saturated heterocycles. The lowest BCUT2D eigenvalue weighted by atomic mass is 10.2. The van der Waals surface area contributed by atoms with Crippen LogP contribution in [-0.4, -0.2) is 29.9 Å². The van der Waals surface area contributed by atoms with Crippen molar-refractivity contribution >= 4 is 10.0 Å². The summed E-state index contributed by atoms with van der Waals surface area (Å²) in [5, 5.41) is 12.7. The topological polar surface area (TPSA) is 84.2 Å². The fourth-order valence-electron chi connectivity index (χ4n) is 1.68. The summed E-state index contributed by atoms with van der Waals surface area (Å²) in [4.78, 5) is 0.0954. The number of aromatic nitrogens is 2. The zero-order valence-corrected chi connectivity index (χ0v) is 12.0. The van der Waals surface area contributed by atoms with Crippen molar-refractivity contribution in [3.8, 4) is 0 Å². The van der Waals surface area contributed by atoms with Crippen molar-refractivity contribution in [2.75, 3.05) is 6.61 Å². The molecule has 0 amide bonds. The van der Waals surface area contributed by atoms with Gasteiger partial charge in [-0.3, -0.25) is 4.68 Å². The van der Waals surface area contributed by atoms with Gasteiger partial charge in [0.15, 0.2) is 0 Å². The molecule has 0 aliphatic rings. The molecule has 6 nitrogen and oxygen atoms in total. The summed E-state index contributed by atoms with van der Waals surface area (Å²) in [7, 11) is -3.58. The average Bonchev–Trinajstić information content (AvgIpc) is 2.88. The number of hydrogen-bond donors (Lipinski definition) is 2. The zero-order valence-electron chi connectivity index (χ0n) is 11.2. The number of nitrogens with one attached hydrogen (secondary N) is 1. The minimum absolute atomic E-state index is 0.0854. The Morgan fingerprint density at radius 2 is 2.00 bits per heavy atom. The first kappa shape index (κ1) is 14.7. The highest BCUT2D eigenvalue weighted by molar-refractivity contribution is 7.89. The lowest BCUT2D eigenvalue weighted by Crippen LogP contribution is -2.22. The predicted molar refractivity (Wildman–Crippen MR) is 74.5 cm³/mol. The Kier molecular flexibility index (Phi) is 4.53. The first-order chi connectivity index (χ1) is 9.51. The van der Waals surface area contributed by atoms with Crippen LogP contribution in [0.5, 0.6) is 0 Å². The van der Waals surface area contributed by atoms with Crippen LogP contribution in [0.3, 0.4) is 0 Å². The van der Waals surface area contributed by atoms with E-state index < -0.39 is 10.0 Å². The molecule has 0 saturated carbocycles. The maximum absolute atomic E-state index is 12.1. The molecule has 0 radical (unpaired) electrons. The molecular formula is C13H17N3O3S. The van der Waals surface area contributed by atoms with Gasteiger partial charge in [-0.15, -0.1) is 0 Å². The Labute approximate surface area is 118 Å². The summed E-state index contributed by atoms with van der Waals surface area (Å²) in [5.41, 5.74) is 2.02. The molecule has 7 heteroatoms. The molecule has 2 aromatic rings.